The van der Waals surface area contributed by atoms with Crippen LogP contribution in [-0.2, 0) is 5.41 Å². The lowest BCUT2D eigenvalue weighted by Crippen LogP contribution is -2.58. The second kappa shape index (κ2) is 3.41. The molecule has 1 N–H and O–H groups in total. The fourth-order valence-electron chi connectivity index (χ4n) is 4.34. The second-order valence-electron chi connectivity index (χ2n) is 6.10. The number of likely N-dealkylation sites (tertiary alicyclic amines) is 1. The summed E-state index contributed by atoms with van der Waals surface area (Å²) in [5, 5.41) is 10.2. The van der Waals surface area contributed by atoms with Crippen LogP contribution in [-0.4, -0.2) is 35.7 Å². The van der Waals surface area contributed by atoms with Crippen molar-refractivity contribution in [3.05, 3.63) is 23.8 Å². The highest BCUT2D eigenvalue weighted by Gasteiger charge is 2.56. The van der Waals surface area contributed by atoms with E-state index in [1.165, 1.54) is 12.8 Å². The molecule has 2 heterocycles. The van der Waals surface area contributed by atoms with Gasteiger partial charge in [0.1, 0.15) is 17.6 Å². The Bertz CT molecular complexity index is 501. The van der Waals surface area contributed by atoms with Gasteiger partial charge < -0.3 is 9.84 Å². The third-order valence-corrected chi connectivity index (χ3v) is 5.22. The Morgan fingerprint density at radius 3 is 3.22 bits per heavy atom. The molecule has 1 aliphatic carbocycles. The summed E-state index contributed by atoms with van der Waals surface area (Å²) in [5.41, 5.74) is 1.17. The number of nitrogens with zero attached hydrogens (tertiary/aromatic N) is 1. The smallest absolute Gasteiger partial charge is 0.127 e. The van der Waals surface area contributed by atoms with Crippen LogP contribution in [0, 0.1) is 0 Å². The summed E-state index contributed by atoms with van der Waals surface area (Å²) in [6.45, 7) is 0.985. The van der Waals surface area contributed by atoms with Gasteiger partial charge in [-0.1, -0.05) is 12.5 Å². The van der Waals surface area contributed by atoms with E-state index in [0.717, 1.165) is 30.7 Å². The Hall–Kier alpha value is -1.22. The molecule has 3 aliphatic rings. The Morgan fingerprint density at radius 2 is 2.33 bits per heavy atom. The lowest BCUT2D eigenvalue weighted by molar-refractivity contribution is -0.00910. The molecule has 1 aromatic carbocycles. The maximum Gasteiger partial charge on any atom is 0.127 e. The first kappa shape index (κ1) is 10.7. The van der Waals surface area contributed by atoms with Crippen molar-refractivity contribution in [2.75, 3.05) is 13.6 Å². The van der Waals surface area contributed by atoms with Crippen LogP contribution < -0.4 is 4.74 Å². The third-order valence-electron chi connectivity index (χ3n) is 5.22. The summed E-state index contributed by atoms with van der Waals surface area (Å²) < 4.78 is 6.14. The molecule has 1 saturated heterocycles. The standard InChI is InChI=1S/C15H19NO2/c1-16-9-13-15(7-3-4-10(16)8-15)14-11(17)5-2-6-12(14)18-13/h2,5-6,10,13,17H,3-4,7-9H2,1H3/t10-,13+,15-/m0/s1. The summed E-state index contributed by atoms with van der Waals surface area (Å²) in [6.07, 6.45) is 5.05. The van der Waals surface area contributed by atoms with E-state index in [0.29, 0.717) is 11.8 Å². The fourth-order valence-corrected chi connectivity index (χ4v) is 4.34. The Balaban J connectivity index is 1.88. The molecule has 96 valence electrons. The molecule has 2 bridgehead atoms. The first-order chi connectivity index (χ1) is 8.71. The van der Waals surface area contributed by atoms with E-state index in [1.54, 1.807) is 6.07 Å². The van der Waals surface area contributed by atoms with Gasteiger partial charge in [-0.25, -0.2) is 0 Å². The van der Waals surface area contributed by atoms with Gasteiger partial charge >= 0.3 is 0 Å². The minimum atomic E-state index is 0.0795. The van der Waals surface area contributed by atoms with E-state index < -0.39 is 0 Å². The Kier molecular flexibility index (Phi) is 2.03. The lowest BCUT2D eigenvalue weighted by atomic mass is 9.63. The Labute approximate surface area is 107 Å². The van der Waals surface area contributed by atoms with Gasteiger partial charge in [0.25, 0.3) is 0 Å². The van der Waals surface area contributed by atoms with Crippen LogP contribution in [0.2, 0.25) is 0 Å². The van der Waals surface area contributed by atoms with E-state index in [2.05, 4.69) is 11.9 Å². The predicted octanol–water partition coefficient (Wildman–Crippen LogP) is 2.28. The summed E-state index contributed by atoms with van der Waals surface area (Å²) >= 11 is 0. The number of benzene rings is 1. The van der Waals surface area contributed by atoms with Crippen molar-refractivity contribution in [1.29, 1.82) is 0 Å². The monoisotopic (exact) mass is 245 g/mol. The van der Waals surface area contributed by atoms with Crippen LogP contribution >= 0.6 is 0 Å². The number of ether oxygens (including phenoxy) is 1. The number of fused-ring (bicyclic) bond motifs is 2. The summed E-state index contributed by atoms with van der Waals surface area (Å²) in [7, 11) is 2.20. The molecule has 18 heavy (non-hydrogen) atoms. The van der Waals surface area contributed by atoms with Gasteiger partial charge in [0.2, 0.25) is 0 Å². The fraction of sp³-hybridized carbons (Fsp3) is 0.600. The molecule has 0 unspecified atom stereocenters. The molecule has 1 spiro atoms. The molecule has 3 heteroatoms. The van der Waals surface area contributed by atoms with Crippen molar-refractivity contribution < 1.29 is 9.84 Å². The van der Waals surface area contributed by atoms with Crippen LogP contribution in [0.5, 0.6) is 11.5 Å². The zero-order valence-electron chi connectivity index (χ0n) is 10.7. The van der Waals surface area contributed by atoms with Crippen LogP contribution in [0.4, 0.5) is 0 Å². The number of likely N-dealkylation sites (N-methyl/N-ethyl adjacent to an activating group) is 1. The summed E-state index contributed by atoms with van der Waals surface area (Å²) in [4.78, 5) is 2.44. The minimum Gasteiger partial charge on any atom is -0.508 e. The average Bonchev–Trinajstić information content (AvgIpc) is 2.65. The van der Waals surface area contributed by atoms with E-state index in [1.807, 2.05) is 12.1 Å². The topological polar surface area (TPSA) is 32.7 Å². The summed E-state index contributed by atoms with van der Waals surface area (Å²) in [5.74, 6) is 1.34. The van der Waals surface area contributed by atoms with Crippen LogP contribution in [0.15, 0.2) is 18.2 Å². The maximum atomic E-state index is 10.2. The zero-order chi connectivity index (χ0) is 12.3. The van der Waals surface area contributed by atoms with Crippen molar-refractivity contribution in [2.45, 2.75) is 43.2 Å². The highest BCUT2D eigenvalue weighted by atomic mass is 16.5. The molecule has 2 fully saturated rings. The van der Waals surface area contributed by atoms with E-state index in [4.69, 9.17) is 4.74 Å². The number of phenolic OH excluding ortho intramolecular Hbond substituents is 1. The Morgan fingerprint density at radius 1 is 1.44 bits per heavy atom. The number of aromatic hydroxyl groups is 1. The predicted molar refractivity (Wildman–Crippen MR) is 69.1 cm³/mol. The molecular formula is C15H19NO2. The average molecular weight is 245 g/mol. The van der Waals surface area contributed by atoms with E-state index >= 15 is 0 Å². The highest BCUT2D eigenvalue weighted by Crippen LogP contribution is 2.56. The van der Waals surface area contributed by atoms with Crippen LogP contribution in [0.3, 0.4) is 0 Å². The van der Waals surface area contributed by atoms with Crippen LogP contribution in [0.25, 0.3) is 0 Å². The van der Waals surface area contributed by atoms with Crippen molar-refractivity contribution in [3.63, 3.8) is 0 Å². The van der Waals surface area contributed by atoms with Gasteiger partial charge in [-0.3, -0.25) is 4.90 Å². The van der Waals surface area contributed by atoms with Crippen molar-refractivity contribution in [3.8, 4) is 11.5 Å². The van der Waals surface area contributed by atoms with E-state index in [-0.39, 0.29) is 11.5 Å². The molecule has 4 rings (SSSR count). The largest absolute Gasteiger partial charge is 0.508 e. The van der Waals surface area contributed by atoms with Crippen molar-refractivity contribution in [2.24, 2.45) is 0 Å². The van der Waals surface area contributed by atoms with E-state index in [9.17, 15) is 5.11 Å². The molecule has 3 nitrogen and oxygen atoms in total. The quantitative estimate of drug-likeness (QED) is 0.761. The number of rotatable bonds is 0. The zero-order valence-corrected chi connectivity index (χ0v) is 10.7. The highest BCUT2D eigenvalue weighted by molar-refractivity contribution is 5.54. The molecule has 3 atom stereocenters. The SMILES string of the molecule is CN1C[C@H]2Oc3cccc(O)c3[C@]23CCC[C@H]1C3. The van der Waals surface area contributed by atoms with Crippen molar-refractivity contribution >= 4 is 0 Å². The summed E-state index contributed by atoms with van der Waals surface area (Å²) in [6, 6.07) is 6.35. The molecule has 1 aromatic rings. The minimum absolute atomic E-state index is 0.0795. The molecular weight excluding hydrogens is 226 g/mol. The van der Waals surface area contributed by atoms with Gasteiger partial charge in [-0.05, 0) is 38.4 Å². The second-order valence-corrected chi connectivity index (χ2v) is 6.10. The third kappa shape index (κ3) is 1.18. The first-order valence-electron chi connectivity index (χ1n) is 6.90. The molecule has 0 radical (unpaired) electrons. The number of phenols is 1. The first-order valence-corrected chi connectivity index (χ1v) is 6.90. The molecule has 1 saturated carbocycles. The number of hydrogen-bond acceptors (Lipinski definition) is 3. The van der Waals surface area contributed by atoms with Gasteiger partial charge in [0.05, 0.1) is 0 Å². The molecule has 0 amide bonds. The normalized spacial score (nSPS) is 37.8. The van der Waals surface area contributed by atoms with Gasteiger partial charge in [0, 0.05) is 23.6 Å². The lowest BCUT2D eigenvalue weighted by Gasteiger charge is -2.50. The molecule has 2 aliphatic heterocycles. The van der Waals surface area contributed by atoms with Crippen molar-refractivity contribution in [1.82, 2.24) is 4.90 Å². The maximum absolute atomic E-state index is 10.2. The number of piperidine rings is 1. The van der Waals surface area contributed by atoms with Gasteiger partial charge in [-0.2, -0.15) is 0 Å². The van der Waals surface area contributed by atoms with Gasteiger partial charge in [-0.15, -0.1) is 0 Å². The van der Waals surface area contributed by atoms with Crippen LogP contribution in [0.1, 0.15) is 31.2 Å². The molecule has 0 aromatic heterocycles. The van der Waals surface area contributed by atoms with Gasteiger partial charge in [0.15, 0.2) is 0 Å². The number of hydrogen-bond donors (Lipinski definition) is 1.